The van der Waals surface area contributed by atoms with Crippen molar-refractivity contribution in [3.8, 4) is 22.9 Å². The second-order valence-electron chi connectivity index (χ2n) is 9.95. The lowest BCUT2D eigenvalue weighted by Crippen LogP contribution is -2.35. The van der Waals surface area contributed by atoms with Gasteiger partial charge in [0.2, 0.25) is 0 Å². The number of nitriles is 1. The summed E-state index contributed by atoms with van der Waals surface area (Å²) < 4.78 is 41.6. The SMILES string of the molecule is COCCOc1ccc(C#N)c(-c2cc(C(CNC3CCC(C)CC3)c3ccccc3)cc(F)c2Cl)c1F. The van der Waals surface area contributed by atoms with E-state index in [9.17, 15) is 5.26 Å². The van der Waals surface area contributed by atoms with Crippen molar-refractivity contribution in [3.63, 3.8) is 0 Å². The summed E-state index contributed by atoms with van der Waals surface area (Å²) in [5.41, 5.74) is 1.76. The zero-order valence-electron chi connectivity index (χ0n) is 21.8. The molecule has 0 heterocycles. The van der Waals surface area contributed by atoms with E-state index in [0.29, 0.717) is 18.2 Å². The predicted octanol–water partition coefficient (Wildman–Crippen LogP) is 7.48. The van der Waals surface area contributed by atoms with Gasteiger partial charge in [-0.3, -0.25) is 0 Å². The lowest BCUT2D eigenvalue weighted by Gasteiger charge is -2.29. The van der Waals surface area contributed by atoms with E-state index in [2.05, 4.69) is 12.2 Å². The maximum atomic E-state index is 15.7. The van der Waals surface area contributed by atoms with Crippen LogP contribution in [0.1, 0.15) is 55.2 Å². The van der Waals surface area contributed by atoms with Crippen LogP contribution in [0.25, 0.3) is 11.1 Å². The highest BCUT2D eigenvalue weighted by atomic mass is 35.5. The molecule has 4 rings (SSSR count). The molecule has 1 aliphatic rings. The molecule has 0 spiro atoms. The summed E-state index contributed by atoms with van der Waals surface area (Å²) in [4.78, 5) is 0. The van der Waals surface area contributed by atoms with Crippen LogP contribution in [0.5, 0.6) is 5.75 Å². The highest BCUT2D eigenvalue weighted by Gasteiger charge is 2.25. The summed E-state index contributed by atoms with van der Waals surface area (Å²) in [5.74, 6) is -0.934. The van der Waals surface area contributed by atoms with E-state index >= 15 is 8.78 Å². The Kier molecular flexibility index (Phi) is 9.74. The largest absolute Gasteiger partial charge is 0.488 e. The zero-order chi connectivity index (χ0) is 27.1. The topological polar surface area (TPSA) is 54.3 Å². The summed E-state index contributed by atoms with van der Waals surface area (Å²) in [6.45, 7) is 3.28. The number of nitrogens with zero attached hydrogens (tertiary/aromatic N) is 1. The number of methoxy groups -OCH3 is 1. The van der Waals surface area contributed by atoms with E-state index in [1.54, 1.807) is 6.07 Å². The van der Waals surface area contributed by atoms with Crippen molar-refractivity contribution in [2.75, 3.05) is 26.9 Å². The van der Waals surface area contributed by atoms with Crippen molar-refractivity contribution in [2.45, 2.75) is 44.6 Å². The van der Waals surface area contributed by atoms with Gasteiger partial charge in [-0.15, -0.1) is 0 Å². The molecule has 0 bridgehead atoms. The Morgan fingerprint density at radius 2 is 1.76 bits per heavy atom. The molecule has 0 amide bonds. The minimum atomic E-state index is -0.760. The van der Waals surface area contributed by atoms with Gasteiger partial charge in [0.25, 0.3) is 0 Å². The molecule has 0 radical (unpaired) electrons. The second kappa shape index (κ2) is 13.2. The van der Waals surface area contributed by atoms with Crippen molar-refractivity contribution in [1.29, 1.82) is 5.26 Å². The van der Waals surface area contributed by atoms with Crippen LogP contribution < -0.4 is 10.1 Å². The Morgan fingerprint density at radius 3 is 2.45 bits per heavy atom. The molecule has 7 heteroatoms. The molecule has 38 heavy (non-hydrogen) atoms. The highest BCUT2D eigenvalue weighted by molar-refractivity contribution is 6.33. The standard InChI is InChI=1S/C31H33ClF2N2O2/c1-20-8-11-24(12-9-20)36-19-26(21-6-4-3-5-7-21)23-16-25(30(32)27(33)17-23)29-22(18-35)10-13-28(31(29)34)38-15-14-37-2/h3-7,10,13,16-17,20,24,26,36H,8-9,11-12,14-15,19H2,1-2H3. The number of benzene rings is 3. The molecular formula is C31H33ClF2N2O2. The predicted molar refractivity (Wildman–Crippen MR) is 147 cm³/mol. The van der Waals surface area contributed by atoms with Gasteiger partial charge in [0.05, 0.1) is 23.3 Å². The average Bonchev–Trinajstić information content (AvgIpc) is 2.93. The third kappa shape index (κ3) is 6.53. The molecule has 1 N–H and O–H groups in total. The molecule has 1 unspecified atom stereocenters. The van der Waals surface area contributed by atoms with E-state index < -0.39 is 11.6 Å². The molecule has 0 aromatic heterocycles. The first-order valence-electron chi connectivity index (χ1n) is 13.0. The molecule has 3 aromatic rings. The zero-order valence-corrected chi connectivity index (χ0v) is 22.5. The van der Waals surface area contributed by atoms with Gasteiger partial charge < -0.3 is 14.8 Å². The number of nitrogens with one attached hydrogen (secondary N) is 1. The van der Waals surface area contributed by atoms with Crippen LogP contribution in [0.2, 0.25) is 5.02 Å². The minimum Gasteiger partial charge on any atom is -0.488 e. The van der Waals surface area contributed by atoms with Gasteiger partial charge in [-0.25, -0.2) is 8.78 Å². The van der Waals surface area contributed by atoms with Gasteiger partial charge in [0, 0.05) is 36.7 Å². The summed E-state index contributed by atoms with van der Waals surface area (Å²) >= 11 is 6.42. The van der Waals surface area contributed by atoms with E-state index in [1.165, 1.54) is 38.2 Å². The van der Waals surface area contributed by atoms with Gasteiger partial charge in [-0.05, 0) is 67.0 Å². The molecule has 200 valence electrons. The quantitative estimate of drug-likeness (QED) is 0.272. The molecule has 4 nitrogen and oxygen atoms in total. The number of halogens is 3. The van der Waals surface area contributed by atoms with E-state index in [0.717, 1.165) is 24.3 Å². The molecule has 1 saturated carbocycles. The van der Waals surface area contributed by atoms with E-state index in [-0.39, 0.29) is 46.6 Å². The number of ether oxygens (including phenoxy) is 2. The fraction of sp³-hybridized carbons (Fsp3) is 0.387. The monoisotopic (exact) mass is 538 g/mol. The third-order valence-corrected chi connectivity index (χ3v) is 7.71. The molecule has 1 fully saturated rings. The molecular weight excluding hydrogens is 506 g/mol. The first-order chi connectivity index (χ1) is 18.4. The smallest absolute Gasteiger partial charge is 0.174 e. The summed E-state index contributed by atoms with van der Waals surface area (Å²) in [7, 11) is 1.52. The lowest BCUT2D eigenvalue weighted by molar-refractivity contribution is 0.144. The average molecular weight is 539 g/mol. The van der Waals surface area contributed by atoms with Crippen LogP contribution in [-0.4, -0.2) is 32.9 Å². The number of hydrogen-bond acceptors (Lipinski definition) is 4. The van der Waals surface area contributed by atoms with Crippen molar-refractivity contribution in [1.82, 2.24) is 5.32 Å². The Balaban J connectivity index is 1.75. The normalized spacial score (nSPS) is 18.1. The third-order valence-electron chi connectivity index (χ3n) is 7.32. The molecule has 1 atom stereocenters. The molecule has 0 saturated heterocycles. The number of hydrogen-bond donors (Lipinski definition) is 1. The maximum Gasteiger partial charge on any atom is 0.174 e. The molecule has 3 aromatic carbocycles. The first kappa shape index (κ1) is 28.0. The molecule has 1 aliphatic carbocycles. The Bertz CT molecular complexity index is 1270. The summed E-state index contributed by atoms with van der Waals surface area (Å²) in [6.07, 6.45) is 4.59. The van der Waals surface area contributed by atoms with Gasteiger partial charge in [-0.1, -0.05) is 48.9 Å². The van der Waals surface area contributed by atoms with Crippen LogP contribution in [0, 0.1) is 28.9 Å². The fourth-order valence-electron chi connectivity index (χ4n) is 5.12. The summed E-state index contributed by atoms with van der Waals surface area (Å²) in [5, 5.41) is 13.2. The number of rotatable bonds is 10. The van der Waals surface area contributed by atoms with Gasteiger partial charge in [0.15, 0.2) is 11.6 Å². The lowest BCUT2D eigenvalue weighted by atomic mass is 9.85. The van der Waals surface area contributed by atoms with Crippen molar-refractivity contribution in [2.24, 2.45) is 5.92 Å². The van der Waals surface area contributed by atoms with Crippen molar-refractivity contribution >= 4 is 11.6 Å². The van der Waals surface area contributed by atoms with Crippen LogP contribution in [0.15, 0.2) is 54.6 Å². The second-order valence-corrected chi connectivity index (χ2v) is 10.3. The van der Waals surface area contributed by atoms with Crippen molar-refractivity contribution < 1.29 is 18.3 Å². The Hall–Kier alpha value is -2.98. The summed E-state index contributed by atoms with van der Waals surface area (Å²) in [6, 6.07) is 18.2. The van der Waals surface area contributed by atoms with Crippen molar-refractivity contribution in [3.05, 3.63) is 87.9 Å². The van der Waals surface area contributed by atoms with Gasteiger partial charge in [0.1, 0.15) is 12.4 Å². The Morgan fingerprint density at radius 1 is 1.03 bits per heavy atom. The maximum absolute atomic E-state index is 15.7. The van der Waals surface area contributed by atoms with Crippen LogP contribution >= 0.6 is 11.6 Å². The van der Waals surface area contributed by atoms with E-state index in [4.69, 9.17) is 21.1 Å². The minimum absolute atomic E-state index is 0.0470. The van der Waals surface area contributed by atoms with Crippen LogP contribution in [0.4, 0.5) is 8.78 Å². The molecule has 0 aliphatic heterocycles. The van der Waals surface area contributed by atoms with Crippen LogP contribution in [0.3, 0.4) is 0 Å². The highest BCUT2D eigenvalue weighted by Crippen LogP contribution is 2.40. The fourth-order valence-corrected chi connectivity index (χ4v) is 5.32. The van der Waals surface area contributed by atoms with Gasteiger partial charge >= 0.3 is 0 Å². The van der Waals surface area contributed by atoms with Crippen LogP contribution in [-0.2, 0) is 4.74 Å². The first-order valence-corrected chi connectivity index (χ1v) is 13.4. The van der Waals surface area contributed by atoms with Gasteiger partial charge in [-0.2, -0.15) is 5.26 Å². The van der Waals surface area contributed by atoms with E-state index in [1.807, 2.05) is 36.4 Å². The Labute approximate surface area is 228 Å².